The summed E-state index contributed by atoms with van der Waals surface area (Å²) in [7, 11) is 3.24. The summed E-state index contributed by atoms with van der Waals surface area (Å²) < 4.78 is 10.5. The van der Waals surface area contributed by atoms with E-state index < -0.39 is 0 Å². The molecule has 0 saturated carbocycles. The number of nitrogens with zero attached hydrogens (tertiary/aromatic N) is 1. The molecule has 1 aromatic rings. The second-order valence-corrected chi connectivity index (χ2v) is 3.37. The van der Waals surface area contributed by atoms with Crippen LogP contribution in [0.25, 0.3) is 0 Å². The fraction of sp³-hybridized carbons (Fsp3) is 0.364. The van der Waals surface area contributed by atoms with Gasteiger partial charge in [-0.05, 0) is 25.0 Å². The average Bonchev–Trinajstić information content (AvgIpc) is 2.71. The minimum Gasteiger partial charge on any atom is -0.496 e. The summed E-state index contributed by atoms with van der Waals surface area (Å²) in [5.74, 6) is 1.56. The van der Waals surface area contributed by atoms with Crippen molar-refractivity contribution in [2.45, 2.75) is 12.8 Å². The second kappa shape index (κ2) is 3.81. The summed E-state index contributed by atoms with van der Waals surface area (Å²) in [5.41, 5.74) is 2.60. The number of benzene rings is 1. The standard InChI is InChI=1S/C11H13NO3/c1-14-9-5-6-10(15-2)11-7(9)3-4-8(11)12-13/h5-6,13H,3-4H2,1-2H3. The van der Waals surface area contributed by atoms with Gasteiger partial charge in [-0.1, -0.05) is 5.16 Å². The lowest BCUT2D eigenvalue weighted by molar-refractivity contribution is 0.318. The van der Waals surface area contributed by atoms with Gasteiger partial charge in [0.05, 0.1) is 19.9 Å². The van der Waals surface area contributed by atoms with E-state index in [1.807, 2.05) is 12.1 Å². The molecular weight excluding hydrogens is 194 g/mol. The molecule has 0 saturated heterocycles. The predicted octanol–water partition coefficient (Wildman–Crippen LogP) is 1.83. The highest BCUT2D eigenvalue weighted by Gasteiger charge is 2.25. The molecule has 0 bridgehead atoms. The Kier molecular flexibility index (Phi) is 2.49. The highest BCUT2D eigenvalue weighted by atomic mass is 16.5. The van der Waals surface area contributed by atoms with Gasteiger partial charge in [-0.25, -0.2) is 0 Å². The fourth-order valence-corrected chi connectivity index (χ4v) is 2.00. The average molecular weight is 207 g/mol. The van der Waals surface area contributed by atoms with Gasteiger partial charge >= 0.3 is 0 Å². The maximum Gasteiger partial charge on any atom is 0.128 e. The zero-order chi connectivity index (χ0) is 10.8. The highest BCUT2D eigenvalue weighted by molar-refractivity contribution is 6.07. The van der Waals surface area contributed by atoms with E-state index in [2.05, 4.69) is 5.16 Å². The van der Waals surface area contributed by atoms with Gasteiger partial charge in [0.2, 0.25) is 0 Å². The number of hydrogen-bond donors (Lipinski definition) is 1. The number of methoxy groups -OCH3 is 2. The van der Waals surface area contributed by atoms with Crippen molar-refractivity contribution in [2.75, 3.05) is 14.2 Å². The topological polar surface area (TPSA) is 51.0 Å². The molecule has 0 unspecified atom stereocenters. The maximum atomic E-state index is 8.89. The van der Waals surface area contributed by atoms with Crippen LogP contribution in [0.15, 0.2) is 17.3 Å². The van der Waals surface area contributed by atoms with Gasteiger partial charge in [-0.15, -0.1) is 0 Å². The summed E-state index contributed by atoms with van der Waals surface area (Å²) >= 11 is 0. The Morgan fingerprint density at radius 3 is 2.40 bits per heavy atom. The minimum absolute atomic E-state index is 0.667. The number of hydrogen-bond acceptors (Lipinski definition) is 4. The van der Waals surface area contributed by atoms with Crippen LogP contribution in [0.4, 0.5) is 0 Å². The first-order chi connectivity index (χ1) is 7.31. The van der Waals surface area contributed by atoms with Crippen LogP contribution in [-0.2, 0) is 6.42 Å². The molecule has 1 aliphatic carbocycles. The minimum atomic E-state index is 0.667. The molecule has 4 heteroatoms. The smallest absolute Gasteiger partial charge is 0.128 e. The van der Waals surface area contributed by atoms with Crippen molar-refractivity contribution in [1.82, 2.24) is 0 Å². The van der Waals surface area contributed by atoms with E-state index in [1.54, 1.807) is 14.2 Å². The van der Waals surface area contributed by atoms with Crippen LogP contribution in [0.1, 0.15) is 17.5 Å². The van der Waals surface area contributed by atoms with Crippen LogP contribution in [0.2, 0.25) is 0 Å². The number of ether oxygens (including phenoxy) is 2. The molecule has 0 amide bonds. The fourth-order valence-electron chi connectivity index (χ4n) is 2.00. The molecule has 80 valence electrons. The Hall–Kier alpha value is -1.71. The Morgan fingerprint density at radius 1 is 1.13 bits per heavy atom. The highest BCUT2D eigenvalue weighted by Crippen LogP contribution is 2.37. The molecule has 0 spiro atoms. The Morgan fingerprint density at radius 2 is 1.80 bits per heavy atom. The molecule has 15 heavy (non-hydrogen) atoms. The molecule has 4 nitrogen and oxygen atoms in total. The summed E-state index contributed by atoms with van der Waals surface area (Å²) in [6.45, 7) is 0. The Bertz CT molecular complexity index is 413. The van der Waals surface area contributed by atoms with Gasteiger partial charge in [0.1, 0.15) is 11.5 Å². The van der Waals surface area contributed by atoms with E-state index in [-0.39, 0.29) is 0 Å². The first-order valence-electron chi connectivity index (χ1n) is 4.77. The summed E-state index contributed by atoms with van der Waals surface area (Å²) in [5, 5.41) is 12.2. The van der Waals surface area contributed by atoms with Crippen LogP contribution in [-0.4, -0.2) is 25.1 Å². The zero-order valence-corrected chi connectivity index (χ0v) is 8.78. The molecule has 0 heterocycles. The molecular formula is C11H13NO3. The van der Waals surface area contributed by atoms with Gasteiger partial charge in [0.25, 0.3) is 0 Å². The van der Waals surface area contributed by atoms with Crippen molar-refractivity contribution in [1.29, 1.82) is 0 Å². The van der Waals surface area contributed by atoms with Gasteiger partial charge in [0.15, 0.2) is 0 Å². The van der Waals surface area contributed by atoms with Gasteiger partial charge in [0, 0.05) is 11.1 Å². The predicted molar refractivity (Wildman–Crippen MR) is 56.2 cm³/mol. The van der Waals surface area contributed by atoms with Crippen molar-refractivity contribution in [3.63, 3.8) is 0 Å². The third kappa shape index (κ3) is 1.42. The lowest BCUT2D eigenvalue weighted by atomic mass is 10.1. The zero-order valence-electron chi connectivity index (χ0n) is 8.78. The lowest BCUT2D eigenvalue weighted by Crippen LogP contribution is -2.00. The quantitative estimate of drug-likeness (QED) is 0.594. The molecule has 0 radical (unpaired) electrons. The van der Waals surface area contributed by atoms with Gasteiger partial charge < -0.3 is 14.7 Å². The molecule has 1 aromatic carbocycles. The van der Waals surface area contributed by atoms with Crippen molar-refractivity contribution in [3.05, 3.63) is 23.3 Å². The first kappa shape index (κ1) is 9.83. The molecule has 2 rings (SSSR count). The van der Waals surface area contributed by atoms with E-state index >= 15 is 0 Å². The molecule has 0 aromatic heterocycles. The van der Waals surface area contributed by atoms with Crippen LogP contribution in [0, 0.1) is 0 Å². The largest absolute Gasteiger partial charge is 0.496 e. The third-order valence-electron chi connectivity index (χ3n) is 2.69. The lowest BCUT2D eigenvalue weighted by Gasteiger charge is -2.10. The van der Waals surface area contributed by atoms with E-state index in [0.717, 1.165) is 35.5 Å². The SMILES string of the molecule is COc1ccc(OC)c2c1CCC2=NO. The summed E-state index contributed by atoms with van der Waals surface area (Å²) in [6, 6.07) is 3.70. The van der Waals surface area contributed by atoms with Crippen LogP contribution in [0.3, 0.4) is 0 Å². The number of rotatable bonds is 2. The summed E-state index contributed by atoms with van der Waals surface area (Å²) in [4.78, 5) is 0. The van der Waals surface area contributed by atoms with Gasteiger partial charge in [-0.3, -0.25) is 0 Å². The van der Waals surface area contributed by atoms with Crippen LogP contribution < -0.4 is 9.47 Å². The number of oxime groups is 1. The van der Waals surface area contributed by atoms with Crippen molar-refractivity contribution in [2.24, 2.45) is 5.16 Å². The molecule has 0 fully saturated rings. The second-order valence-electron chi connectivity index (χ2n) is 3.37. The molecule has 0 aliphatic heterocycles. The summed E-state index contributed by atoms with van der Waals surface area (Å²) in [6.07, 6.45) is 1.55. The van der Waals surface area contributed by atoms with Crippen molar-refractivity contribution in [3.8, 4) is 11.5 Å². The van der Waals surface area contributed by atoms with Crippen molar-refractivity contribution >= 4 is 5.71 Å². The normalized spacial score (nSPS) is 16.5. The van der Waals surface area contributed by atoms with Crippen LogP contribution >= 0.6 is 0 Å². The van der Waals surface area contributed by atoms with Crippen LogP contribution in [0.5, 0.6) is 11.5 Å². The Labute approximate surface area is 88.1 Å². The first-order valence-corrected chi connectivity index (χ1v) is 4.77. The Balaban J connectivity index is 2.63. The van der Waals surface area contributed by atoms with E-state index in [9.17, 15) is 0 Å². The van der Waals surface area contributed by atoms with Crippen molar-refractivity contribution < 1.29 is 14.7 Å². The monoisotopic (exact) mass is 207 g/mol. The molecule has 1 N–H and O–H groups in total. The third-order valence-corrected chi connectivity index (χ3v) is 2.69. The number of fused-ring (bicyclic) bond motifs is 1. The van der Waals surface area contributed by atoms with E-state index in [4.69, 9.17) is 14.7 Å². The maximum absolute atomic E-state index is 8.89. The molecule has 1 aliphatic rings. The molecule has 0 atom stereocenters. The van der Waals surface area contributed by atoms with Gasteiger partial charge in [-0.2, -0.15) is 0 Å². The van der Waals surface area contributed by atoms with E-state index in [1.165, 1.54) is 0 Å². The van der Waals surface area contributed by atoms with E-state index in [0.29, 0.717) is 5.71 Å².